The number of nitrogens with zero attached hydrogens (tertiary/aromatic N) is 2. The molecular formula is C25H29ClN2O4S. The van der Waals surface area contributed by atoms with Crippen LogP contribution in [0.15, 0.2) is 35.4 Å². The zero-order chi connectivity index (χ0) is 23.9. The standard InChI is InChI=1S/C25H29ClN2O4S/c1-15-10-16(2)23(17(3)11-15)24-21(29)13-19(25(24)30)12-18-6-8-28(9-7-18)33(31,32)20-4-5-22(26)27-14-20/h4-5,10-11,14,18-19,24H,6-9,12-13H2,1-3H3. The van der Waals surface area contributed by atoms with Crippen LogP contribution in [0.25, 0.3) is 0 Å². The first kappa shape index (κ1) is 24.0. The highest BCUT2D eigenvalue weighted by atomic mass is 35.5. The number of Topliss-reactive ketones (excluding diaryl/α,β-unsaturated/α-hetero) is 2. The Hall–Kier alpha value is -2.09. The Morgan fingerprint density at radius 1 is 1.06 bits per heavy atom. The van der Waals surface area contributed by atoms with Crippen LogP contribution in [-0.4, -0.2) is 42.4 Å². The van der Waals surface area contributed by atoms with Gasteiger partial charge >= 0.3 is 0 Å². The molecule has 1 saturated heterocycles. The molecule has 0 spiro atoms. The van der Waals surface area contributed by atoms with Crippen molar-refractivity contribution in [1.29, 1.82) is 0 Å². The quantitative estimate of drug-likeness (QED) is 0.460. The van der Waals surface area contributed by atoms with Crippen LogP contribution in [0.3, 0.4) is 0 Å². The molecule has 2 atom stereocenters. The first-order valence-corrected chi connectivity index (χ1v) is 13.2. The minimum Gasteiger partial charge on any atom is -0.298 e. The van der Waals surface area contributed by atoms with E-state index in [4.69, 9.17) is 11.6 Å². The number of aromatic nitrogens is 1. The summed E-state index contributed by atoms with van der Waals surface area (Å²) in [4.78, 5) is 30.1. The molecule has 6 nitrogen and oxygen atoms in total. The molecule has 4 rings (SSSR count). The molecule has 2 heterocycles. The van der Waals surface area contributed by atoms with Crippen LogP contribution < -0.4 is 0 Å². The van der Waals surface area contributed by atoms with E-state index in [2.05, 4.69) is 4.98 Å². The van der Waals surface area contributed by atoms with Crippen LogP contribution in [0, 0.1) is 32.6 Å². The SMILES string of the molecule is Cc1cc(C)c(C2C(=O)CC(CC3CCN(S(=O)(=O)c4ccc(Cl)nc4)CC3)C2=O)c(C)c1. The molecule has 176 valence electrons. The van der Waals surface area contributed by atoms with Gasteiger partial charge in [-0.25, -0.2) is 13.4 Å². The van der Waals surface area contributed by atoms with E-state index in [1.54, 1.807) is 0 Å². The molecule has 0 bridgehead atoms. The molecule has 8 heteroatoms. The minimum atomic E-state index is -3.62. The first-order chi connectivity index (χ1) is 15.6. The smallest absolute Gasteiger partial charge is 0.244 e. The molecule has 1 saturated carbocycles. The molecule has 0 amide bonds. The number of piperidine rings is 1. The number of halogens is 1. The Kier molecular flexibility index (Phi) is 6.76. The van der Waals surface area contributed by atoms with Gasteiger partial charge in [0.15, 0.2) is 5.78 Å². The summed E-state index contributed by atoms with van der Waals surface area (Å²) in [6, 6.07) is 7.00. The van der Waals surface area contributed by atoms with Crippen LogP contribution in [0.4, 0.5) is 0 Å². The van der Waals surface area contributed by atoms with Crippen LogP contribution in [0.5, 0.6) is 0 Å². The lowest BCUT2D eigenvalue weighted by atomic mass is 9.83. The summed E-state index contributed by atoms with van der Waals surface area (Å²) in [5, 5.41) is 0.248. The van der Waals surface area contributed by atoms with Crippen molar-refractivity contribution in [2.24, 2.45) is 11.8 Å². The second-order valence-corrected chi connectivity index (χ2v) is 11.7. The topological polar surface area (TPSA) is 84.4 Å². The average Bonchev–Trinajstić information content (AvgIpc) is 3.01. The third-order valence-corrected chi connectivity index (χ3v) is 9.12. The van der Waals surface area contributed by atoms with Crippen LogP contribution in [0.1, 0.15) is 53.9 Å². The second kappa shape index (κ2) is 9.28. The number of aryl methyl sites for hydroxylation is 3. The van der Waals surface area contributed by atoms with E-state index in [0.717, 1.165) is 22.3 Å². The van der Waals surface area contributed by atoms with Gasteiger partial charge in [0.2, 0.25) is 10.0 Å². The Balaban J connectivity index is 1.41. The lowest BCUT2D eigenvalue weighted by Gasteiger charge is -2.32. The van der Waals surface area contributed by atoms with Crippen molar-refractivity contribution >= 4 is 33.2 Å². The summed E-state index contributed by atoms with van der Waals surface area (Å²) in [6.45, 7) is 6.74. The van der Waals surface area contributed by atoms with Crippen molar-refractivity contribution in [3.63, 3.8) is 0 Å². The first-order valence-electron chi connectivity index (χ1n) is 11.3. The fourth-order valence-corrected chi connectivity index (χ4v) is 6.98. The molecule has 33 heavy (non-hydrogen) atoms. The lowest BCUT2D eigenvalue weighted by molar-refractivity contribution is -0.125. The number of hydrogen-bond donors (Lipinski definition) is 0. The highest BCUT2D eigenvalue weighted by Gasteiger charge is 2.44. The van der Waals surface area contributed by atoms with Gasteiger partial charge in [-0.2, -0.15) is 4.31 Å². The summed E-state index contributed by atoms with van der Waals surface area (Å²) in [7, 11) is -3.62. The van der Waals surface area contributed by atoms with Crippen molar-refractivity contribution in [3.05, 3.63) is 57.9 Å². The molecule has 1 aromatic heterocycles. The minimum absolute atomic E-state index is 0.00954. The highest BCUT2D eigenvalue weighted by molar-refractivity contribution is 7.89. The van der Waals surface area contributed by atoms with E-state index in [-0.39, 0.29) is 39.9 Å². The number of sulfonamides is 1. The van der Waals surface area contributed by atoms with Crippen molar-refractivity contribution in [1.82, 2.24) is 9.29 Å². The van der Waals surface area contributed by atoms with Gasteiger partial charge in [-0.1, -0.05) is 29.3 Å². The maximum Gasteiger partial charge on any atom is 0.244 e. The fraction of sp³-hybridized carbons (Fsp3) is 0.480. The van der Waals surface area contributed by atoms with Crippen LogP contribution in [-0.2, 0) is 19.6 Å². The Labute approximate surface area is 200 Å². The molecule has 2 aliphatic rings. The van der Waals surface area contributed by atoms with E-state index in [1.165, 1.54) is 22.6 Å². The summed E-state index contributed by atoms with van der Waals surface area (Å²) in [6.07, 6.45) is 3.55. The van der Waals surface area contributed by atoms with Crippen molar-refractivity contribution in [3.8, 4) is 0 Å². The monoisotopic (exact) mass is 488 g/mol. The van der Waals surface area contributed by atoms with Crippen LogP contribution >= 0.6 is 11.6 Å². The van der Waals surface area contributed by atoms with Gasteiger partial charge < -0.3 is 0 Å². The summed E-state index contributed by atoms with van der Waals surface area (Å²) in [5.41, 5.74) is 3.99. The number of pyridine rings is 1. The summed E-state index contributed by atoms with van der Waals surface area (Å²) < 4.78 is 27.2. The molecule has 2 aromatic rings. The van der Waals surface area contributed by atoms with Crippen molar-refractivity contribution in [2.45, 2.75) is 57.3 Å². The molecule has 0 N–H and O–H groups in total. The number of carbonyl (C=O) groups excluding carboxylic acids is 2. The van der Waals surface area contributed by atoms with Gasteiger partial charge in [-0.15, -0.1) is 0 Å². The van der Waals surface area contributed by atoms with Crippen molar-refractivity contribution in [2.75, 3.05) is 13.1 Å². The number of rotatable bonds is 5. The number of hydrogen-bond acceptors (Lipinski definition) is 5. The van der Waals surface area contributed by atoms with Crippen molar-refractivity contribution < 1.29 is 18.0 Å². The van der Waals surface area contributed by atoms with Crippen LogP contribution in [0.2, 0.25) is 5.15 Å². The zero-order valence-corrected chi connectivity index (χ0v) is 20.7. The zero-order valence-electron chi connectivity index (χ0n) is 19.2. The third-order valence-electron chi connectivity index (χ3n) is 7.01. The average molecular weight is 489 g/mol. The predicted octanol–water partition coefficient (Wildman–Crippen LogP) is 4.39. The third kappa shape index (κ3) is 4.77. The molecule has 1 aliphatic heterocycles. The molecule has 1 aliphatic carbocycles. The van der Waals surface area contributed by atoms with Gasteiger partial charge in [0, 0.05) is 31.6 Å². The normalized spacial score (nSPS) is 22.8. The predicted molar refractivity (Wildman–Crippen MR) is 127 cm³/mol. The largest absolute Gasteiger partial charge is 0.298 e. The Morgan fingerprint density at radius 3 is 2.27 bits per heavy atom. The fourth-order valence-electron chi connectivity index (χ4n) is 5.46. The summed E-state index contributed by atoms with van der Waals surface area (Å²) >= 11 is 5.77. The number of carbonyl (C=O) groups is 2. The van der Waals surface area contributed by atoms with Gasteiger partial charge in [-0.05, 0) is 74.8 Å². The van der Waals surface area contributed by atoms with Gasteiger partial charge in [-0.3, -0.25) is 9.59 Å². The Morgan fingerprint density at radius 2 is 1.70 bits per heavy atom. The second-order valence-electron chi connectivity index (χ2n) is 9.41. The van der Waals surface area contributed by atoms with E-state index in [9.17, 15) is 18.0 Å². The van der Waals surface area contributed by atoms with E-state index in [1.807, 2.05) is 32.9 Å². The maximum atomic E-state index is 13.3. The van der Waals surface area contributed by atoms with E-state index in [0.29, 0.717) is 32.4 Å². The Bertz CT molecular complexity index is 1160. The molecule has 0 radical (unpaired) electrons. The molecule has 2 unspecified atom stereocenters. The number of benzene rings is 1. The van der Waals surface area contributed by atoms with Gasteiger partial charge in [0.25, 0.3) is 0 Å². The molecule has 2 fully saturated rings. The van der Waals surface area contributed by atoms with E-state index >= 15 is 0 Å². The molecule has 1 aromatic carbocycles. The maximum absolute atomic E-state index is 13.3. The molecular weight excluding hydrogens is 460 g/mol. The number of ketones is 2. The highest BCUT2D eigenvalue weighted by Crippen LogP contribution is 2.40. The van der Waals surface area contributed by atoms with E-state index < -0.39 is 15.9 Å². The summed E-state index contributed by atoms with van der Waals surface area (Å²) in [5.74, 6) is -0.683. The van der Waals surface area contributed by atoms with Gasteiger partial charge in [0.1, 0.15) is 21.7 Å². The van der Waals surface area contributed by atoms with Gasteiger partial charge in [0.05, 0.1) is 0 Å². The lowest BCUT2D eigenvalue weighted by Crippen LogP contribution is -2.39.